The topological polar surface area (TPSA) is 330 Å². The third-order valence-corrected chi connectivity index (χ3v) is 8.94. The SMILES string of the molecule is OC[C@H]1O[C@@H](Oc2cc(O)cc3[o+]c(-c4ccc(O)c(O)c4)c(O[C@@H]4O[C@H](CO)[C@@H](O)[C@H](O)[C@H]4O[C@@H]4OC[C@@H](O)[C@H](O)[C@H]4O)cc23)[C@H](O)[C@@H](O)[C@H]1O.[Cl-]. The Kier molecular flexibility index (Phi) is 12.7. The third kappa shape index (κ3) is 8.03. The zero-order valence-electron chi connectivity index (χ0n) is 27.2. The molecule has 1 aromatic heterocycles. The Morgan fingerprint density at radius 1 is 0.642 bits per heavy atom. The standard InChI is InChI=1S/C32H38O20.ClH/c33-7-19-22(40)24(42)27(45)31(50-19)48-17-5-11(35)4-16-12(17)6-18(28(47-16)10-1-2-13(36)14(37)3-10)49-32-29(25(43)23(41)20(8-34)51-32)52-30-26(44)21(39)15(38)9-46-30;/h1-6,15,19-27,29-34,38-45H,7-9H2,(H2-,35,36,37);1H/t15-,19-,20-,21+,22+,23-,24+,25+,26-,27-,29-,30+,31-,32-;/m1./s1. The molecule has 0 saturated carbocycles. The van der Waals surface area contributed by atoms with Crippen molar-refractivity contribution < 1.29 is 112 Å². The molecule has 3 fully saturated rings. The third-order valence-electron chi connectivity index (χ3n) is 8.94. The van der Waals surface area contributed by atoms with E-state index in [0.29, 0.717) is 0 Å². The highest BCUT2D eigenvalue weighted by molar-refractivity contribution is 5.89. The van der Waals surface area contributed by atoms with Crippen LogP contribution in [0.1, 0.15) is 0 Å². The fourth-order valence-electron chi connectivity index (χ4n) is 5.99. The second-order valence-corrected chi connectivity index (χ2v) is 12.5. The molecule has 0 aliphatic carbocycles. The first-order chi connectivity index (χ1) is 24.7. The Morgan fingerprint density at radius 3 is 1.92 bits per heavy atom. The number of ether oxygens (including phenoxy) is 6. The molecule has 3 aliphatic rings. The van der Waals surface area contributed by atoms with Crippen LogP contribution in [0.4, 0.5) is 0 Å². The van der Waals surface area contributed by atoms with Crippen LogP contribution in [0.3, 0.4) is 0 Å². The maximum atomic E-state index is 11.1. The molecule has 3 aromatic rings. The highest BCUT2D eigenvalue weighted by Crippen LogP contribution is 2.43. The molecule has 3 saturated heterocycles. The van der Waals surface area contributed by atoms with E-state index in [-0.39, 0.29) is 46.2 Å². The first-order valence-electron chi connectivity index (χ1n) is 16.0. The van der Waals surface area contributed by atoms with Crippen molar-refractivity contribution in [2.45, 2.75) is 86.0 Å². The Balaban J connectivity index is 0.00000541. The molecule has 0 bridgehead atoms. The van der Waals surface area contributed by atoms with Crippen LogP contribution in [0.25, 0.3) is 22.3 Å². The zero-order valence-corrected chi connectivity index (χ0v) is 28.0. The molecule has 0 radical (unpaired) electrons. The Labute approximate surface area is 304 Å². The van der Waals surface area contributed by atoms with Crippen molar-refractivity contribution in [3.63, 3.8) is 0 Å². The van der Waals surface area contributed by atoms with Crippen LogP contribution < -0.4 is 21.9 Å². The van der Waals surface area contributed by atoms with Gasteiger partial charge in [-0.25, -0.2) is 4.42 Å². The molecule has 0 amide bonds. The van der Waals surface area contributed by atoms with E-state index in [1.54, 1.807) is 0 Å². The van der Waals surface area contributed by atoms with Crippen molar-refractivity contribution in [2.75, 3.05) is 19.8 Å². The van der Waals surface area contributed by atoms with E-state index in [1.165, 1.54) is 12.1 Å². The van der Waals surface area contributed by atoms with Crippen molar-refractivity contribution in [3.8, 4) is 40.1 Å². The van der Waals surface area contributed by atoms with E-state index >= 15 is 0 Å². The predicted molar refractivity (Wildman–Crippen MR) is 166 cm³/mol. The number of fused-ring (bicyclic) bond motifs is 1. The van der Waals surface area contributed by atoms with Gasteiger partial charge in [-0.3, -0.25) is 0 Å². The van der Waals surface area contributed by atoms with Crippen molar-refractivity contribution in [3.05, 3.63) is 36.4 Å². The number of phenols is 3. The van der Waals surface area contributed by atoms with E-state index in [1.807, 2.05) is 0 Å². The molecule has 6 rings (SSSR count). The van der Waals surface area contributed by atoms with Crippen LogP contribution in [-0.4, -0.2) is 172 Å². The van der Waals surface area contributed by atoms with Crippen LogP contribution in [0.15, 0.2) is 40.8 Å². The lowest BCUT2D eigenvalue weighted by atomic mass is 9.98. The highest BCUT2D eigenvalue weighted by Gasteiger charge is 2.51. The summed E-state index contributed by atoms with van der Waals surface area (Å²) in [7, 11) is 0. The lowest BCUT2D eigenvalue weighted by Crippen LogP contribution is -3.00. The molecular formula is C32H39ClO20. The maximum Gasteiger partial charge on any atom is 0.402 e. The molecule has 2 aromatic carbocycles. The second kappa shape index (κ2) is 16.5. The van der Waals surface area contributed by atoms with Gasteiger partial charge in [-0.2, -0.15) is 0 Å². The van der Waals surface area contributed by atoms with Crippen molar-refractivity contribution in [1.29, 1.82) is 0 Å². The molecule has 0 spiro atoms. The number of aliphatic hydroxyl groups excluding tert-OH is 10. The summed E-state index contributed by atoms with van der Waals surface area (Å²) >= 11 is 0. The summed E-state index contributed by atoms with van der Waals surface area (Å²) in [5, 5.41) is 134. The quantitative estimate of drug-likeness (QED) is 0.0709. The summed E-state index contributed by atoms with van der Waals surface area (Å²) in [6.07, 6.45) is -23.8. The summed E-state index contributed by atoms with van der Waals surface area (Å²) in [6, 6.07) is 6.98. The molecule has 14 atom stereocenters. The first kappa shape index (κ1) is 40.8. The largest absolute Gasteiger partial charge is 1.00 e. The monoisotopic (exact) mass is 778 g/mol. The number of aliphatic hydroxyl groups is 10. The van der Waals surface area contributed by atoms with E-state index < -0.39 is 123 Å². The number of rotatable bonds is 9. The minimum absolute atomic E-state index is 0. The van der Waals surface area contributed by atoms with E-state index in [4.69, 9.17) is 32.8 Å². The van der Waals surface area contributed by atoms with Crippen LogP contribution in [0, 0.1) is 0 Å². The Morgan fingerprint density at radius 2 is 1.26 bits per heavy atom. The number of hydrogen-bond acceptors (Lipinski definition) is 19. The fraction of sp³-hybridized carbons (Fsp3) is 0.531. The minimum atomic E-state index is -1.89. The van der Waals surface area contributed by atoms with Gasteiger partial charge >= 0.3 is 11.3 Å². The van der Waals surface area contributed by atoms with Gasteiger partial charge in [-0.15, -0.1) is 0 Å². The maximum absolute atomic E-state index is 11.1. The molecule has 21 heteroatoms. The summed E-state index contributed by atoms with van der Waals surface area (Å²) in [6.45, 7) is -2.07. The molecule has 4 heterocycles. The molecule has 20 nitrogen and oxygen atoms in total. The number of phenolic OH excluding ortho intramolecular Hbond substituents is 3. The predicted octanol–water partition coefficient (Wildman–Crippen LogP) is -6.68. The van der Waals surface area contributed by atoms with E-state index in [0.717, 1.165) is 24.3 Å². The Hall–Kier alpha value is -3.42. The lowest BCUT2D eigenvalue weighted by molar-refractivity contribution is -0.344. The van der Waals surface area contributed by atoms with Crippen LogP contribution in [0.5, 0.6) is 28.7 Å². The van der Waals surface area contributed by atoms with Gasteiger partial charge in [-0.1, -0.05) is 0 Å². The van der Waals surface area contributed by atoms with Gasteiger partial charge in [0.25, 0.3) is 0 Å². The molecule has 13 N–H and O–H groups in total. The number of aromatic hydroxyl groups is 3. The summed E-state index contributed by atoms with van der Waals surface area (Å²) in [5.74, 6) is -2.30. The van der Waals surface area contributed by atoms with Gasteiger partial charge in [-0.05, 0) is 12.1 Å². The van der Waals surface area contributed by atoms with Crippen LogP contribution >= 0.6 is 0 Å². The van der Waals surface area contributed by atoms with Crippen molar-refractivity contribution >= 4 is 11.0 Å². The molecule has 53 heavy (non-hydrogen) atoms. The van der Waals surface area contributed by atoms with E-state index in [9.17, 15) is 66.4 Å². The summed E-state index contributed by atoms with van der Waals surface area (Å²) in [4.78, 5) is 0. The van der Waals surface area contributed by atoms with Gasteiger partial charge in [0.1, 0.15) is 77.9 Å². The molecular weight excluding hydrogens is 740 g/mol. The van der Waals surface area contributed by atoms with Crippen LogP contribution in [0.2, 0.25) is 0 Å². The van der Waals surface area contributed by atoms with E-state index in [2.05, 4.69) is 0 Å². The van der Waals surface area contributed by atoms with Gasteiger partial charge in [0.05, 0.1) is 31.5 Å². The van der Waals surface area contributed by atoms with Gasteiger partial charge in [0, 0.05) is 18.2 Å². The molecule has 294 valence electrons. The van der Waals surface area contributed by atoms with Gasteiger partial charge < -0.3 is 107 Å². The fourth-order valence-corrected chi connectivity index (χ4v) is 5.99. The highest BCUT2D eigenvalue weighted by atomic mass is 35.5. The summed E-state index contributed by atoms with van der Waals surface area (Å²) in [5.41, 5.74) is -0.0653. The molecule has 0 unspecified atom stereocenters. The smallest absolute Gasteiger partial charge is 0.402 e. The van der Waals surface area contributed by atoms with Crippen molar-refractivity contribution in [1.82, 2.24) is 0 Å². The first-order valence-corrected chi connectivity index (χ1v) is 16.0. The average molecular weight is 779 g/mol. The number of halogens is 1. The van der Waals surface area contributed by atoms with Crippen molar-refractivity contribution in [2.24, 2.45) is 0 Å². The summed E-state index contributed by atoms with van der Waals surface area (Å²) < 4.78 is 40.3. The van der Waals surface area contributed by atoms with Gasteiger partial charge in [0.2, 0.25) is 18.3 Å². The van der Waals surface area contributed by atoms with Crippen LogP contribution in [-0.2, 0) is 18.9 Å². The second-order valence-electron chi connectivity index (χ2n) is 12.5. The molecule has 3 aliphatic heterocycles. The Bertz CT molecular complexity index is 1710. The zero-order chi connectivity index (χ0) is 37.6. The number of hydrogen-bond donors (Lipinski definition) is 13. The minimum Gasteiger partial charge on any atom is -1.00 e. The lowest BCUT2D eigenvalue weighted by Gasteiger charge is -2.44. The van der Waals surface area contributed by atoms with Gasteiger partial charge in [0.15, 0.2) is 23.9 Å². The normalized spacial score (nSPS) is 36.1. The average Bonchev–Trinajstić information content (AvgIpc) is 3.12. The number of benzene rings is 2.